The van der Waals surface area contributed by atoms with Crippen molar-refractivity contribution in [3.8, 4) is 6.07 Å². The number of para-hydroxylation sites is 2. The van der Waals surface area contributed by atoms with Crippen molar-refractivity contribution in [2.45, 2.75) is 0 Å². The van der Waals surface area contributed by atoms with Crippen molar-refractivity contribution in [3.05, 3.63) is 71.5 Å². The molecule has 9 heteroatoms. The molecule has 0 unspecified atom stereocenters. The number of aliphatic hydroxyl groups is 1. The summed E-state index contributed by atoms with van der Waals surface area (Å²) in [5.41, 5.74) is 0.899. The van der Waals surface area contributed by atoms with Gasteiger partial charge in [-0.15, -0.1) is 0 Å². The molecule has 0 aliphatic carbocycles. The fourth-order valence-corrected chi connectivity index (χ4v) is 2.49. The van der Waals surface area contributed by atoms with Crippen LogP contribution in [0.4, 0.5) is 4.39 Å². The number of H-pyrrole nitrogens is 1. The summed E-state index contributed by atoms with van der Waals surface area (Å²) < 4.78 is 18.4. The van der Waals surface area contributed by atoms with E-state index >= 15 is 0 Å². The molecule has 0 spiro atoms. The van der Waals surface area contributed by atoms with Crippen molar-refractivity contribution in [1.82, 2.24) is 15.3 Å². The third-order valence-electron chi connectivity index (χ3n) is 3.91. The van der Waals surface area contributed by atoms with Crippen molar-refractivity contribution in [2.75, 3.05) is 13.2 Å². The second kappa shape index (κ2) is 8.67. The summed E-state index contributed by atoms with van der Waals surface area (Å²) in [5.74, 6) is -2.73. The molecule has 0 saturated heterocycles. The van der Waals surface area contributed by atoms with Gasteiger partial charge >= 0.3 is 5.97 Å². The number of aromatic nitrogens is 2. The molecular formula is C20H15FN4O4. The van der Waals surface area contributed by atoms with Gasteiger partial charge in [-0.3, -0.25) is 9.59 Å². The summed E-state index contributed by atoms with van der Waals surface area (Å²) in [4.78, 5) is 30.7. The van der Waals surface area contributed by atoms with Crippen LogP contribution in [0.3, 0.4) is 0 Å². The number of halogens is 1. The van der Waals surface area contributed by atoms with Crippen LogP contribution in [0.5, 0.6) is 0 Å². The van der Waals surface area contributed by atoms with Crippen LogP contribution >= 0.6 is 0 Å². The molecule has 146 valence electrons. The number of amides is 1. The lowest BCUT2D eigenvalue weighted by molar-refractivity contribution is -0.142. The Balaban J connectivity index is 1.60. The summed E-state index contributed by atoms with van der Waals surface area (Å²) in [6, 6.07) is 14.2. The molecule has 0 saturated carbocycles. The molecule has 0 radical (unpaired) electrons. The number of rotatable bonds is 6. The number of ether oxygens (including phenoxy) is 1. The maximum absolute atomic E-state index is 13.5. The highest BCUT2D eigenvalue weighted by Crippen LogP contribution is 2.18. The number of esters is 1. The van der Waals surface area contributed by atoms with Gasteiger partial charge < -0.3 is 20.1 Å². The molecule has 0 bridgehead atoms. The minimum Gasteiger partial charge on any atom is -0.507 e. The van der Waals surface area contributed by atoms with E-state index < -0.39 is 36.6 Å². The molecule has 1 amide bonds. The Kier molecular flexibility index (Phi) is 5.85. The van der Waals surface area contributed by atoms with E-state index in [0.29, 0.717) is 11.0 Å². The molecule has 0 aliphatic rings. The summed E-state index contributed by atoms with van der Waals surface area (Å²) in [7, 11) is 0. The maximum atomic E-state index is 13.5. The number of fused-ring (bicyclic) bond motifs is 1. The van der Waals surface area contributed by atoms with Gasteiger partial charge in [0, 0.05) is 0 Å². The van der Waals surface area contributed by atoms with Crippen molar-refractivity contribution in [3.63, 3.8) is 0 Å². The predicted molar refractivity (Wildman–Crippen MR) is 101 cm³/mol. The fraction of sp³-hybridized carbons (Fsp3) is 0.100. The number of hydrogen-bond acceptors (Lipinski definition) is 6. The Hall–Kier alpha value is -4.19. The molecule has 29 heavy (non-hydrogen) atoms. The number of carbonyl (C=O) groups is 2. The summed E-state index contributed by atoms with van der Waals surface area (Å²) in [6.07, 6.45) is 0. The Morgan fingerprint density at radius 3 is 2.66 bits per heavy atom. The van der Waals surface area contributed by atoms with Gasteiger partial charge in [0.1, 0.15) is 30.6 Å². The number of nitriles is 1. The normalized spacial score (nSPS) is 11.4. The number of hydrogen-bond donors (Lipinski definition) is 3. The summed E-state index contributed by atoms with van der Waals surface area (Å²) in [5, 5.41) is 21.6. The minimum absolute atomic E-state index is 0.134. The van der Waals surface area contributed by atoms with Crippen LogP contribution in [0.15, 0.2) is 54.3 Å². The van der Waals surface area contributed by atoms with Crippen LogP contribution in [0.2, 0.25) is 0 Å². The molecule has 1 aromatic heterocycles. The topological polar surface area (TPSA) is 128 Å². The van der Waals surface area contributed by atoms with E-state index in [9.17, 15) is 24.3 Å². The summed E-state index contributed by atoms with van der Waals surface area (Å²) >= 11 is 0. The van der Waals surface area contributed by atoms with Crippen LogP contribution < -0.4 is 5.32 Å². The maximum Gasteiger partial charge on any atom is 0.325 e. The first-order chi connectivity index (χ1) is 14.0. The molecular weight excluding hydrogens is 379 g/mol. The standard InChI is InChI=1S/C20H15FN4O4/c21-14-6-2-1-5-12(14)20(28)23-10-18(27)29-11-17(26)13(9-22)19-24-15-7-3-4-8-16(15)25-19/h1-8,26H,10-11H2,(H,23,28)(H,24,25)/b17-13-. The van der Waals surface area contributed by atoms with Gasteiger partial charge in [-0.25, -0.2) is 9.37 Å². The van der Waals surface area contributed by atoms with Gasteiger partial charge in [0.25, 0.3) is 5.91 Å². The van der Waals surface area contributed by atoms with Gasteiger partial charge in [0.15, 0.2) is 11.6 Å². The number of carbonyl (C=O) groups excluding carboxylic acids is 2. The van der Waals surface area contributed by atoms with Gasteiger partial charge in [-0.2, -0.15) is 5.26 Å². The molecule has 2 aromatic carbocycles. The Morgan fingerprint density at radius 1 is 1.21 bits per heavy atom. The van der Waals surface area contributed by atoms with Gasteiger partial charge in [-0.05, 0) is 24.3 Å². The molecule has 3 rings (SSSR count). The minimum atomic E-state index is -0.872. The molecule has 0 fully saturated rings. The van der Waals surface area contributed by atoms with E-state index in [0.717, 1.165) is 6.07 Å². The Bertz CT molecular complexity index is 1110. The SMILES string of the molecule is N#C/C(=C(/O)COC(=O)CNC(=O)c1ccccc1F)c1nc2ccccc2[nH]1. The highest BCUT2D eigenvalue weighted by Gasteiger charge is 2.16. The number of nitrogens with zero attached hydrogens (tertiary/aromatic N) is 2. The van der Waals surface area contributed by atoms with Gasteiger partial charge in [-0.1, -0.05) is 24.3 Å². The second-order valence-corrected chi connectivity index (χ2v) is 5.86. The zero-order chi connectivity index (χ0) is 20.8. The van der Waals surface area contributed by atoms with E-state index in [1.165, 1.54) is 18.2 Å². The number of aromatic amines is 1. The molecule has 3 N–H and O–H groups in total. The van der Waals surface area contributed by atoms with Gasteiger partial charge in [0.2, 0.25) is 0 Å². The monoisotopic (exact) mass is 394 g/mol. The second-order valence-electron chi connectivity index (χ2n) is 5.86. The largest absolute Gasteiger partial charge is 0.507 e. The van der Waals surface area contributed by atoms with E-state index in [2.05, 4.69) is 15.3 Å². The van der Waals surface area contributed by atoms with E-state index in [1.807, 2.05) is 6.07 Å². The zero-order valence-corrected chi connectivity index (χ0v) is 15.0. The molecule has 1 heterocycles. The first-order valence-corrected chi connectivity index (χ1v) is 8.45. The lowest BCUT2D eigenvalue weighted by Gasteiger charge is -2.07. The molecule has 3 aromatic rings. The lowest BCUT2D eigenvalue weighted by atomic mass is 10.2. The van der Waals surface area contributed by atoms with Crippen molar-refractivity contribution < 1.29 is 23.8 Å². The van der Waals surface area contributed by atoms with Crippen LogP contribution in [0, 0.1) is 17.1 Å². The highest BCUT2D eigenvalue weighted by atomic mass is 19.1. The average Bonchev–Trinajstić information content (AvgIpc) is 3.15. The number of nitrogens with one attached hydrogen (secondary N) is 2. The van der Waals surface area contributed by atoms with Crippen molar-refractivity contribution in [2.24, 2.45) is 0 Å². The first-order valence-electron chi connectivity index (χ1n) is 8.45. The molecule has 0 aliphatic heterocycles. The number of benzene rings is 2. The third kappa shape index (κ3) is 4.56. The van der Waals surface area contributed by atoms with Crippen LogP contribution in [-0.4, -0.2) is 40.1 Å². The average molecular weight is 394 g/mol. The number of allylic oxidation sites excluding steroid dienone is 1. The van der Waals surface area contributed by atoms with Crippen molar-refractivity contribution >= 4 is 28.5 Å². The summed E-state index contributed by atoms with van der Waals surface area (Å²) in [6.45, 7) is -1.12. The molecule has 0 atom stereocenters. The predicted octanol–water partition coefficient (Wildman–Crippen LogP) is 2.47. The fourth-order valence-electron chi connectivity index (χ4n) is 2.49. The molecule has 8 nitrogen and oxygen atoms in total. The van der Waals surface area contributed by atoms with Crippen LogP contribution in [0.1, 0.15) is 16.2 Å². The van der Waals surface area contributed by atoms with Crippen LogP contribution in [0.25, 0.3) is 16.6 Å². The third-order valence-corrected chi connectivity index (χ3v) is 3.91. The lowest BCUT2D eigenvalue weighted by Crippen LogP contribution is -2.31. The smallest absolute Gasteiger partial charge is 0.325 e. The first kappa shape index (κ1) is 19.6. The number of imidazole rings is 1. The van der Waals surface area contributed by atoms with Crippen molar-refractivity contribution in [1.29, 1.82) is 5.26 Å². The zero-order valence-electron chi connectivity index (χ0n) is 15.0. The highest BCUT2D eigenvalue weighted by molar-refractivity contribution is 5.96. The quantitative estimate of drug-likeness (QED) is 0.335. The number of aliphatic hydroxyl groups excluding tert-OH is 1. The van der Waals surface area contributed by atoms with E-state index in [-0.39, 0.29) is 17.0 Å². The van der Waals surface area contributed by atoms with E-state index in [1.54, 1.807) is 24.3 Å². The van der Waals surface area contributed by atoms with E-state index in [4.69, 9.17) is 4.74 Å². The van der Waals surface area contributed by atoms with Gasteiger partial charge in [0.05, 0.1) is 16.6 Å². The Morgan fingerprint density at radius 2 is 1.93 bits per heavy atom. The van der Waals surface area contributed by atoms with Crippen LogP contribution in [-0.2, 0) is 9.53 Å². The Labute approximate surface area is 164 Å².